The maximum Gasteiger partial charge on any atom is 0.257 e. The van der Waals surface area contributed by atoms with Crippen LogP contribution in [0, 0.1) is 19.7 Å². The van der Waals surface area contributed by atoms with Crippen LogP contribution >= 0.6 is 11.6 Å². The number of nitrogens with zero attached hydrogens (tertiary/aromatic N) is 3. The highest BCUT2D eigenvalue weighted by Gasteiger charge is 2.19. The van der Waals surface area contributed by atoms with Gasteiger partial charge < -0.3 is 10.2 Å². The van der Waals surface area contributed by atoms with Crippen LogP contribution in [0.3, 0.4) is 0 Å². The molecule has 0 saturated carbocycles. The maximum absolute atomic E-state index is 13.1. The van der Waals surface area contributed by atoms with E-state index in [0.717, 1.165) is 32.0 Å². The molecular formula is C17H18ClFN4O. The first-order chi connectivity index (χ1) is 11.5. The van der Waals surface area contributed by atoms with Crippen molar-refractivity contribution in [2.24, 2.45) is 0 Å². The highest BCUT2D eigenvalue weighted by molar-refractivity contribution is 6.34. The standard InChI is InChI=1S/C17H18ClFN4O/c1-10-15(11(2)21-17(20-10)23-7-3-4-8-23)22-16(24)13-6-5-12(19)9-14(13)18/h5-6,9H,3-4,7-8H2,1-2H3,(H,22,24). The summed E-state index contributed by atoms with van der Waals surface area (Å²) >= 11 is 5.94. The molecule has 1 aromatic heterocycles. The van der Waals surface area contributed by atoms with Crippen molar-refractivity contribution in [1.29, 1.82) is 0 Å². The van der Waals surface area contributed by atoms with Gasteiger partial charge in [0.05, 0.1) is 27.7 Å². The number of aromatic nitrogens is 2. The van der Waals surface area contributed by atoms with Crippen molar-refractivity contribution in [2.75, 3.05) is 23.3 Å². The molecule has 5 nitrogen and oxygen atoms in total. The molecule has 0 bridgehead atoms. The molecule has 1 aromatic carbocycles. The minimum absolute atomic E-state index is 0.0670. The van der Waals surface area contributed by atoms with E-state index in [2.05, 4.69) is 20.2 Å². The van der Waals surface area contributed by atoms with E-state index >= 15 is 0 Å². The second-order valence-corrected chi connectivity index (χ2v) is 6.25. The first kappa shape index (κ1) is 16.6. The first-order valence-electron chi connectivity index (χ1n) is 7.82. The van der Waals surface area contributed by atoms with Gasteiger partial charge in [-0.3, -0.25) is 4.79 Å². The molecule has 3 rings (SSSR count). The molecule has 0 spiro atoms. The Balaban J connectivity index is 1.85. The number of rotatable bonds is 3. The zero-order chi connectivity index (χ0) is 17.3. The number of hydrogen-bond donors (Lipinski definition) is 1. The van der Waals surface area contributed by atoms with Gasteiger partial charge in [0.1, 0.15) is 5.82 Å². The lowest BCUT2D eigenvalue weighted by molar-refractivity contribution is 0.102. The van der Waals surface area contributed by atoms with Crippen molar-refractivity contribution in [1.82, 2.24) is 9.97 Å². The Morgan fingerprint density at radius 3 is 2.42 bits per heavy atom. The summed E-state index contributed by atoms with van der Waals surface area (Å²) in [5.41, 5.74) is 2.15. The number of hydrogen-bond acceptors (Lipinski definition) is 4. The molecular weight excluding hydrogens is 331 g/mol. The molecule has 0 unspecified atom stereocenters. The lowest BCUT2D eigenvalue weighted by atomic mass is 10.2. The van der Waals surface area contributed by atoms with Gasteiger partial charge in [-0.05, 0) is 44.9 Å². The zero-order valence-electron chi connectivity index (χ0n) is 13.6. The summed E-state index contributed by atoms with van der Waals surface area (Å²) in [6.45, 7) is 5.57. The Bertz CT molecular complexity index is 767. The third-order valence-corrected chi connectivity index (χ3v) is 4.37. The topological polar surface area (TPSA) is 58.1 Å². The number of nitrogens with one attached hydrogen (secondary N) is 1. The van der Waals surface area contributed by atoms with Crippen LogP contribution in [-0.4, -0.2) is 29.0 Å². The normalized spacial score (nSPS) is 14.1. The van der Waals surface area contributed by atoms with E-state index in [0.29, 0.717) is 23.0 Å². The quantitative estimate of drug-likeness (QED) is 0.918. The molecule has 2 aromatic rings. The van der Waals surface area contributed by atoms with E-state index in [1.807, 2.05) is 13.8 Å². The van der Waals surface area contributed by atoms with E-state index in [4.69, 9.17) is 11.6 Å². The van der Waals surface area contributed by atoms with Crippen LogP contribution in [0.4, 0.5) is 16.0 Å². The monoisotopic (exact) mass is 348 g/mol. The fourth-order valence-corrected chi connectivity index (χ4v) is 3.05. The molecule has 1 fully saturated rings. The number of benzene rings is 1. The Morgan fingerprint density at radius 1 is 1.21 bits per heavy atom. The van der Waals surface area contributed by atoms with Gasteiger partial charge in [-0.25, -0.2) is 14.4 Å². The molecule has 1 saturated heterocycles. The van der Waals surface area contributed by atoms with Crippen LogP contribution in [0.1, 0.15) is 34.6 Å². The molecule has 1 aliphatic heterocycles. The van der Waals surface area contributed by atoms with Gasteiger partial charge in [0.2, 0.25) is 5.95 Å². The lowest BCUT2D eigenvalue weighted by Crippen LogP contribution is -2.22. The summed E-state index contributed by atoms with van der Waals surface area (Å²) < 4.78 is 13.1. The van der Waals surface area contributed by atoms with Crippen LogP contribution in [0.2, 0.25) is 5.02 Å². The molecule has 7 heteroatoms. The number of halogens is 2. The van der Waals surface area contributed by atoms with Crippen LogP contribution in [0.5, 0.6) is 0 Å². The predicted octanol–water partition coefficient (Wildman–Crippen LogP) is 3.74. The smallest absolute Gasteiger partial charge is 0.257 e. The lowest BCUT2D eigenvalue weighted by Gasteiger charge is -2.18. The molecule has 1 N–H and O–H groups in total. The molecule has 0 aliphatic carbocycles. The molecule has 126 valence electrons. The summed E-state index contributed by atoms with van der Waals surface area (Å²) in [4.78, 5) is 23.6. The van der Waals surface area contributed by atoms with Gasteiger partial charge in [-0.2, -0.15) is 0 Å². The number of anilines is 2. The number of carbonyl (C=O) groups excluding carboxylic acids is 1. The number of amides is 1. The third kappa shape index (κ3) is 3.33. The second kappa shape index (κ2) is 6.73. The molecule has 24 heavy (non-hydrogen) atoms. The highest BCUT2D eigenvalue weighted by atomic mass is 35.5. The van der Waals surface area contributed by atoms with Crippen molar-refractivity contribution in [3.63, 3.8) is 0 Å². The van der Waals surface area contributed by atoms with E-state index in [1.54, 1.807) is 0 Å². The highest BCUT2D eigenvalue weighted by Crippen LogP contribution is 2.24. The van der Waals surface area contributed by atoms with Gasteiger partial charge in [0.15, 0.2) is 0 Å². The van der Waals surface area contributed by atoms with E-state index in [-0.39, 0.29) is 10.6 Å². The van der Waals surface area contributed by atoms with Crippen molar-refractivity contribution in [2.45, 2.75) is 26.7 Å². The Kier molecular flexibility index (Phi) is 4.66. The Morgan fingerprint density at radius 2 is 1.83 bits per heavy atom. The third-order valence-electron chi connectivity index (χ3n) is 4.06. The summed E-state index contributed by atoms with van der Waals surface area (Å²) in [5.74, 6) is -0.203. The van der Waals surface area contributed by atoms with E-state index in [9.17, 15) is 9.18 Å². The maximum atomic E-state index is 13.1. The summed E-state index contributed by atoms with van der Waals surface area (Å²) in [5, 5.41) is 2.85. The summed E-state index contributed by atoms with van der Waals surface area (Å²) in [7, 11) is 0. The summed E-state index contributed by atoms with van der Waals surface area (Å²) in [6, 6.07) is 3.67. The number of aryl methyl sites for hydroxylation is 2. The first-order valence-corrected chi connectivity index (χ1v) is 8.20. The average molecular weight is 349 g/mol. The summed E-state index contributed by atoms with van der Waals surface area (Å²) in [6.07, 6.45) is 2.28. The van der Waals surface area contributed by atoms with Gasteiger partial charge in [-0.15, -0.1) is 0 Å². The van der Waals surface area contributed by atoms with Crippen LogP contribution < -0.4 is 10.2 Å². The SMILES string of the molecule is Cc1nc(N2CCCC2)nc(C)c1NC(=O)c1ccc(F)cc1Cl. The number of carbonyl (C=O) groups is 1. The van der Waals surface area contributed by atoms with Crippen LogP contribution in [0.15, 0.2) is 18.2 Å². The minimum atomic E-state index is -0.484. The molecule has 2 heterocycles. The Hall–Kier alpha value is -2.21. The Labute approximate surface area is 144 Å². The van der Waals surface area contributed by atoms with E-state index < -0.39 is 11.7 Å². The van der Waals surface area contributed by atoms with Gasteiger partial charge in [0, 0.05) is 13.1 Å². The van der Waals surface area contributed by atoms with Gasteiger partial charge in [-0.1, -0.05) is 11.6 Å². The predicted molar refractivity (Wildman–Crippen MR) is 92.3 cm³/mol. The van der Waals surface area contributed by atoms with Crippen molar-refractivity contribution in [3.8, 4) is 0 Å². The van der Waals surface area contributed by atoms with Gasteiger partial charge >= 0.3 is 0 Å². The molecule has 0 radical (unpaired) electrons. The average Bonchev–Trinajstić information content (AvgIpc) is 3.04. The van der Waals surface area contributed by atoms with E-state index in [1.165, 1.54) is 12.1 Å². The second-order valence-electron chi connectivity index (χ2n) is 5.84. The minimum Gasteiger partial charge on any atom is -0.341 e. The molecule has 1 amide bonds. The van der Waals surface area contributed by atoms with Crippen molar-refractivity contribution < 1.29 is 9.18 Å². The largest absolute Gasteiger partial charge is 0.341 e. The molecule has 0 atom stereocenters. The van der Waals surface area contributed by atoms with Crippen LogP contribution in [0.25, 0.3) is 0 Å². The van der Waals surface area contributed by atoms with Gasteiger partial charge in [0.25, 0.3) is 5.91 Å². The van der Waals surface area contributed by atoms with Crippen LogP contribution in [-0.2, 0) is 0 Å². The molecule has 1 aliphatic rings. The fourth-order valence-electron chi connectivity index (χ4n) is 2.79. The van der Waals surface area contributed by atoms with Crippen molar-refractivity contribution >= 4 is 29.1 Å². The zero-order valence-corrected chi connectivity index (χ0v) is 14.3. The fraction of sp³-hybridized carbons (Fsp3) is 0.353. The van der Waals surface area contributed by atoms with Crippen molar-refractivity contribution in [3.05, 3.63) is 46.0 Å².